The van der Waals surface area contributed by atoms with Crippen molar-refractivity contribution in [2.24, 2.45) is 5.41 Å². The highest BCUT2D eigenvalue weighted by Gasteiger charge is 2.33. The van der Waals surface area contributed by atoms with Crippen molar-refractivity contribution in [1.29, 1.82) is 0 Å². The second-order valence-electron chi connectivity index (χ2n) is 11.1. The van der Waals surface area contributed by atoms with Gasteiger partial charge < -0.3 is 15.2 Å². The average Bonchev–Trinajstić information content (AvgIpc) is 3.49. The summed E-state index contributed by atoms with van der Waals surface area (Å²) in [7, 11) is 0. The Morgan fingerprint density at radius 3 is 2.78 bits per heavy atom. The predicted octanol–water partition coefficient (Wildman–Crippen LogP) is 5.11. The zero-order valence-corrected chi connectivity index (χ0v) is 22.7. The van der Waals surface area contributed by atoms with Gasteiger partial charge in [-0.15, -0.1) is 0 Å². The number of aromatic amines is 1. The molecule has 0 unspecified atom stereocenters. The number of nitrogens with one attached hydrogen (secondary N) is 2. The van der Waals surface area contributed by atoms with Gasteiger partial charge in [0.05, 0.1) is 10.4 Å². The topological polar surface area (TPSA) is 113 Å². The van der Waals surface area contributed by atoms with Crippen LogP contribution < -0.4 is 10.2 Å². The quantitative estimate of drug-likeness (QED) is 0.327. The number of rotatable bonds is 6. The van der Waals surface area contributed by atoms with Gasteiger partial charge in [0.15, 0.2) is 10.8 Å². The number of nitrogens with zero attached hydrogens (tertiary/aromatic N) is 6. The Morgan fingerprint density at radius 2 is 2.00 bits per heavy atom. The summed E-state index contributed by atoms with van der Waals surface area (Å²) >= 11 is 8.34. The van der Waals surface area contributed by atoms with E-state index < -0.39 is 0 Å². The van der Waals surface area contributed by atoms with Crippen LogP contribution in [0.4, 0.5) is 5.82 Å². The molecule has 1 saturated heterocycles. The number of hydrogen-bond donors (Lipinski definition) is 2. The van der Waals surface area contributed by atoms with Gasteiger partial charge in [0, 0.05) is 60.7 Å². The van der Waals surface area contributed by atoms with Crippen LogP contribution >= 0.6 is 23.4 Å². The molecule has 192 valence electrons. The molecular weight excluding hydrogens is 508 g/mol. The Labute approximate surface area is 224 Å². The summed E-state index contributed by atoms with van der Waals surface area (Å²) in [6.07, 6.45) is 8.67. The Bertz CT molecular complexity index is 1500. The summed E-state index contributed by atoms with van der Waals surface area (Å²) in [6, 6.07) is 2.01. The van der Waals surface area contributed by atoms with Crippen molar-refractivity contribution in [3.63, 3.8) is 0 Å². The molecule has 1 aliphatic carbocycles. The summed E-state index contributed by atoms with van der Waals surface area (Å²) in [4.78, 5) is 42.0. The number of aromatic nitrogens is 6. The van der Waals surface area contributed by atoms with Crippen LogP contribution in [0.2, 0.25) is 5.02 Å². The monoisotopic (exact) mass is 536 g/mol. The molecule has 1 aliphatic heterocycles. The number of halogens is 1. The Morgan fingerprint density at radius 1 is 1.19 bits per heavy atom. The lowest BCUT2D eigenvalue weighted by Crippen LogP contribution is -2.38. The number of fused-ring (bicyclic) bond motifs is 2. The van der Waals surface area contributed by atoms with Crippen molar-refractivity contribution >= 4 is 57.3 Å². The molecule has 11 heteroatoms. The highest BCUT2D eigenvalue weighted by Crippen LogP contribution is 2.47. The third-order valence-corrected chi connectivity index (χ3v) is 7.83. The van der Waals surface area contributed by atoms with Crippen molar-refractivity contribution in [3.8, 4) is 0 Å². The van der Waals surface area contributed by atoms with Gasteiger partial charge in [-0.3, -0.25) is 9.78 Å². The minimum atomic E-state index is -0.0472. The lowest BCUT2D eigenvalue weighted by Gasteiger charge is -2.21. The van der Waals surface area contributed by atoms with E-state index in [0.717, 1.165) is 58.8 Å². The molecule has 0 radical (unpaired) electrons. The first-order chi connectivity index (χ1) is 17.7. The summed E-state index contributed by atoms with van der Waals surface area (Å²) in [5, 5.41) is 5.39. The highest BCUT2D eigenvalue weighted by molar-refractivity contribution is 7.99. The first-order valence-electron chi connectivity index (χ1n) is 12.6. The van der Waals surface area contributed by atoms with Crippen LogP contribution in [0.3, 0.4) is 0 Å². The number of carbonyl (C=O) groups excluding carboxylic acids is 1. The van der Waals surface area contributed by atoms with E-state index in [2.05, 4.69) is 50.9 Å². The molecule has 1 amide bonds. The lowest BCUT2D eigenvalue weighted by atomic mass is 9.92. The number of amides is 1. The van der Waals surface area contributed by atoms with E-state index in [1.54, 1.807) is 18.6 Å². The van der Waals surface area contributed by atoms with E-state index in [4.69, 9.17) is 21.6 Å². The van der Waals surface area contributed by atoms with Crippen molar-refractivity contribution in [3.05, 3.63) is 35.4 Å². The molecule has 4 aromatic rings. The van der Waals surface area contributed by atoms with Gasteiger partial charge in [-0.25, -0.2) is 19.9 Å². The number of hydrogen-bond acceptors (Lipinski definition) is 8. The number of anilines is 1. The minimum absolute atomic E-state index is 0.0472. The molecule has 5 heterocycles. The lowest BCUT2D eigenvalue weighted by molar-refractivity contribution is -0.123. The predicted molar refractivity (Wildman–Crippen MR) is 145 cm³/mol. The molecule has 4 aromatic heterocycles. The van der Waals surface area contributed by atoms with E-state index in [1.165, 1.54) is 11.8 Å². The van der Waals surface area contributed by atoms with Gasteiger partial charge in [-0.05, 0) is 42.5 Å². The maximum absolute atomic E-state index is 12.6. The number of pyridine rings is 1. The molecule has 1 saturated carbocycles. The molecule has 37 heavy (non-hydrogen) atoms. The molecule has 0 spiro atoms. The third-order valence-electron chi connectivity index (χ3n) is 6.62. The third kappa shape index (κ3) is 5.22. The molecule has 2 fully saturated rings. The van der Waals surface area contributed by atoms with Gasteiger partial charge in [0.2, 0.25) is 5.91 Å². The van der Waals surface area contributed by atoms with Crippen LogP contribution in [0.1, 0.15) is 58.1 Å². The molecule has 1 atom stereocenters. The first-order valence-corrected chi connectivity index (χ1v) is 13.8. The van der Waals surface area contributed by atoms with Gasteiger partial charge in [0.25, 0.3) is 0 Å². The van der Waals surface area contributed by atoms with E-state index in [0.29, 0.717) is 34.7 Å². The molecule has 0 aromatic carbocycles. The van der Waals surface area contributed by atoms with Crippen molar-refractivity contribution in [2.75, 3.05) is 18.0 Å². The van der Waals surface area contributed by atoms with E-state index in [1.807, 2.05) is 6.07 Å². The number of H-pyrrole nitrogens is 1. The fourth-order valence-corrected chi connectivity index (χ4v) is 5.93. The van der Waals surface area contributed by atoms with Crippen molar-refractivity contribution in [2.45, 2.75) is 68.5 Å². The molecule has 6 rings (SSSR count). The smallest absolute Gasteiger partial charge is 0.220 e. The van der Waals surface area contributed by atoms with Crippen LogP contribution in [-0.2, 0) is 4.79 Å². The average molecular weight is 537 g/mol. The Hall–Kier alpha value is -2.98. The Kier molecular flexibility index (Phi) is 6.19. The zero-order chi connectivity index (χ0) is 25.7. The standard InChI is InChI=1S/C26H29ClN8OS/c1-26(2,3)11-18(36)31-15-6-9-35(13-15)24-19-20(27)21(14-4-5-14)32-23(19)33-25(34-24)37-16-10-17-22(30-12-16)29-8-7-28-17/h7-8,10,12,14-15H,4-6,9,11,13H2,1-3H3,(H,31,36)(H,32,33,34)/t15-/m1/s1. The zero-order valence-electron chi connectivity index (χ0n) is 21.1. The highest BCUT2D eigenvalue weighted by atomic mass is 35.5. The fourth-order valence-electron chi connectivity index (χ4n) is 4.80. The molecular formula is C26H29ClN8OS. The van der Waals surface area contributed by atoms with E-state index >= 15 is 0 Å². The normalized spacial score (nSPS) is 18.2. The maximum Gasteiger partial charge on any atom is 0.220 e. The summed E-state index contributed by atoms with van der Waals surface area (Å²) in [5.41, 5.74) is 3.07. The van der Waals surface area contributed by atoms with Crippen molar-refractivity contribution < 1.29 is 4.79 Å². The van der Waals surface area contributed by atoms with E-state index in [-0.39, 0.29) is 17.4 Å². The van der Waals surface area contributed by atoms with Crippen molar-refractivity contribution in [1.82, 2.24) is 35.2 Å². The minimum Gasteiger partial charge on any atom is -0.354 e. The molecule has 2 N–H and O–H groups in total. The molecule has 2 aliphatic rings. The van der Waals surface area contributed by atoms with Crippen LogP contribution in [0.15, 0.2) is 34.7 Å². The van der Waals surface area contributed by atoms with Gasteiger partial charge >= 0.3 is 0 Å². The second-order valence-corrected chi connectivity index (χ2v) is 12.5. The maximum atomic E-state index is 12.6. The van der Waals surface area contributed by atoms with E-state index in [9.17, 15) is 4.79 Å². The van der Waals surface area contributed by atoms with Crippen LogP contribution in [0, 0.1) is 5.41 Å². The second kappa shape index (κ2) is 9.40. The SMILES string of the molecule is CC(C)(C)CC(=O)N[C@@H]1CCN(c2nc(Sc3cnc4nccnc4c3)nc3[nH]c(C4CC4)c(Cl)c23)C1. The Balaban J connectivity index is 1.31. The number of carbonyl (C=O) groups is 1. The molecule has 0 bridgehead atoms. The van der Waals surface area contributed by atoms with Crippen LogP contribution in [0.5, 0.6) is 0 Å². The van der Waals surface area contributed by atoms with Gasteiger partial charge in [0.1, 0.15) is 17.0 Å². The summed E-state index contributed by atoms with van der Waals surface area (Å²) in [5.74, 6) is 1.35. The summed E-state index contributed by atoms with van der Waals surface area (Å²) in [6.45, 7) is 7.69. The summed E-state index contributed by atoms with van der Waals surface area (Å²) < 4.78 is 0. The molecule has 9 nitrogen and oxygen atoms in total. The van der Waals surface area contributed by atoms with Crippen LogP contribution in [0.25, 0.3) is 22.2 Å². The fraction of sp³-hybridized carbons (Fsp3) is 0.462. The first kappa shape index (κ1) is 24.4. The van der Waals surface area contributed by atoms with Crippen LogP contribution in [-0.4, -0.2) is 54.9 Å². The van der Waals surface area contributed by atoms with Gasteiger partial charge in [-0.2, -0.15) is 0 Å². The van der Waals surface area contributed by atoms with Gasteiger partial charge in [-0.1, -0.05) is 32.4 Å². The largest absolute Gasteiger partial charge is 0.354 e.